The van der Waals surface area contributed by atoms with Crippen molar-refractivity contribution < 1.29 is 9.90 Å². The quantitative estimate of drug-likeness (QED) is 0.830. The van der Waals surface area contributed by atoms with Crippen molar-refractivity contribution in [1.82, 2.24) is 4.90 Å². The fourth-order valence-electron chi connectivity index (χ4n) is 2.42. The molecule has 0 aliphatic rings. The molecule has 0 radical (unpaired) electrons. The van der Waals surface area contributed by atoms with E-state index in [0.717, 1.165) is 11.1 Å². The van der Waals surface area contributed by atoms with E-state index >= 15 is 0 Å². The molecule has 3 nitrogen and oxygen atoms in total. The van der Waals surface area contributed by atoms with Crippen LogP contribution < -0.4 is 0 Å². The third-order valence-corrected chi connectivity index (χ3v) is 3.52. The Balaban J connectivity index is 2.32. The number of carbonyl (C=O) groups is 1. The molecular formula is C19H21NO2. The van der Waals surface area contributed by atoms with E-state index in [4.69, 9.17) is 0 Å². The number of benzene rings is 2. The van der Waals surface area contributed by atoms with Crippen LogP contribution in [-0.2, 0) is 11.3 Å². The molecule has 0 fully saturated rings. The smallest absolute Gasteiger partial charge is 0.247 e. The number of carbonyl (C=O) groups excluding carboxylic acids is 1. The highest BCUT2D eigenvalue weighted by atomic mass is 16.3. The number of allylic oxidation sites excluding steroid dienone is 1. The molecule has 0 unspecified atom stereocenters. The molecule has 0 heterocycles. The molecule has 0 aromatic heterocycles. The molecule has 114 valence electrons. The van der Waals surface area contributed by atoms with Crippen molar-refractivity contribution in [1.29, 1.82) is 0 Å². The van der Waals surface area contributed by atoms with Crippen molar-refractivity contribution in [2.24, 2.45) is 0 Å². The van der Waals surface area contributed by atoms with Gasteiger partial charge in [0.05, 0.1) is 12.6 Å². The van der Waals surface area contributed by atoms with Crippen LogP contribution in [0.25, 0.3) is 0 Å². The second kappa shape index (κ2) is 8.15. The Morgan fingerprint density at radius 2 is 1.68 bits per heavy atom. The number of amides is 1. The molecule has 2 aromatic rings. The fraction of sp³-hybridized carbons (Fsp3) is 0.211. The molecule has 22 heavy (non-hydrogen) atoms. The normalized spacial score (nSPS) is 12.3. The van der Waals surface area contributed by atoms with Crippen molar-refractivity contribution in [2.45, 2.75) is 19.5 Å². The van der Waals surface area contributed by atoms with Crippen molar-refractivity contribution in [3.05, 3.63) is 83.9 Å². The van der Waals surface area contributed by atoms with Crippen LogP contribution in [0.2, 0.25) is 0 Å². The van der Waals surface area contributed by atoms with Crippen LogP contribution >= 0.6 is 0 Å². The summed E-state index contributed by atoms with van der Waals surface area (Å²) in [6.07, 6.45) is 3.26. The second-order valence-electron chi connectivity index (χ2n) is 5.06. The molecule has 0 saturated heterocycles. The lowest BCUT2D eigenvalue weighted by Crippen LogP contribution is -2.35. The predicted molar refractivity (Wildman–Crippen MR) is 88.1 cm³/mol. The predicted octanol–water partition coefficient (Wildman–Crippen LogP) is 3.32. The Labute approximate surface area is 131 Å². The minimum absolute atomic E-state index is 0.103. The first-order valence-electron chi connectivity index (χ1n) is 7.39. The van der Waals surface area contributed by atoms with Gasteiger partial charge in [0.25, 0.3) is 0 Å². The summed E-state index contributed by atoms with van der Waals surface area (Å²) in [5, 5.41) is 9.83. The third-order valence-electron chi connectivity index (χ3n) is 3.52. The van der Waals surface area contributed by atoms with Crippen LogP contribution in [0.5, 0.6) is 0 Å². The first-order valence-corrected chi connectivity index (χ1v) is 7.39. The number of aliphatic hydroxyl groups is 1. The van der Waals surface area contributed by atoms with Gasteiger partial charge in [0.2, 0.25) is 5.91 Å². The molecule has 3 heteroatoms. The van der Waals surface area contributed by atoms with Crippen LogP contribution in [0.3, 0.4) is 0 Å². The summed E-state index contributed by atoms with van der Waals surface area (Å²) >= 11 is 0. The molecule has 2 rings (SSSR count). The highest BCUT2D eigenvalue weighted by Gasteiger charge is 2.23. The molecule has 0 spiro atoms. The van der Waals surface area contributed by atoms with Crippen LogP contribution in [0.4, 0.5) is 0 Å². The molecule has 1 N–H and O–H groups in total. The zero-order valence-corrected chi connectivity index (χ0v) is 12.7. The molecular weight excluding hydrogens is 274 g/mol. The average molecular weight is 295 g/mol. The molecule has 0 saturated carbocycles. The van der Waals surface area contributed by atoms with Crippen LogP contribution in [-0.4, -0.2) is 22.5 Å². The second-order valence-corrected chi connectivity index (χ2v) is 5.06. The van der Waals surface area contributed by atoms with Crippen molar-refractivity contribution in [2.75, 3.05) is 6.61 Å². The van der Waals surface area contributed by atoms with E-state index < -0.39 is 0 Å². The Hall–Kier alpha value is -2.39. The lowest BCUT2D eigenvalue weighted by Gasteiger charge is -2.30. The summed E-state index contributed by atoms with van der Waals surface area (Å²) in [6.45, 7) is 2.17. The summed E-state index contributed by atoms with van der Waals surface area (Å²) < 4.78 is 0. The third kappa shape index (κ3) is 4.06. The van der Waals surface area contributed by atoms with Gasteiger partial charge in [-0.2, -0.15) is 0 Å². The highest BCUT2D eigenvalue weighted by molar-refractivity contribution is 5.87. The Morgan fingerprint density at radius 3 is 2.23 bits per heavy atom. The van der Waals surface area contributed by atoms with E-state index in [1.54, 1.807) is 11.0 Å². The summed E-state index contributed by atoms with van der Waals surface area (Å²) in [6, 6.07) is 19.1. The van der Waals surface area contributed by atoms with Gasteiger partial charge in [-0.05, 0) is 24.1 Å². The maximum absolute atomic E-state index is 12.4. The van der Waals surface area contributed by atoms with Crippen molar-refractivity contribution in [3.8, 4) is 0 Å². The maximum atomic E-state index is 12.4. The fourth-order valence-corrected chi connectivity index (χ4v) is 2.42. The van der Waals surface area contributed by atoms with E-state index in [-0.39, 0.29) is 18.6 Å². The van der Waals surface area contributed by atoms with Crippen LogP contribution in [0.1, 0.15) is 24.1 Å². The van der Waals surface area contributed by atoms with Gasteiger partial charge in [-0.3, -0.25) is 4.79 Å². The summed E-state index contributed by atoms with van der Waals surface area (Å²) in [4.78, 5) is 14.1. The largest absolute Gasteiger partial charge is 0.394 e. The van der Waals surface area contributed by atoms with Gasteiger partial charge >= 0.3 is 0 Å². The first-order chi connectivity index (χ1) is 10.8. The van der Waals surface area contributed by atoms with E-state index in [9.17, 15) is 9.90 Å². The van der Waals surface area contributed by atoms with Crippen molar-refractivity contribution >= 4 is 5.91 Å². The van der Waals surface area contributed by atoms with Gasteiger partial charge in [0.15, 0.2) is 0 Å². The molecule has 0 bridgehead atoms. The van der Waals surface area contributed by atoms with Crippen LogP contribution in [0, 0.1) is 0 Å². The van der Waals surface area contributed by atoms with Crippen molar-refractivity contribution in [3.63, 3.8) is 0 Å². The average Bonchev–Trinajstić information content (AvgIpc) is 2.57. The number of hydrogen-bond acceptors (Lipinski definition) is 2. The molecule has 1 amide bonds. The van der Waals surface area contributed by atoms with Gasteiger partial charge < -0.3 is 10.0 Å². The highest BCUT2D eigenvalue weighted by Crippen LogP contribution is 2.23. The zero-order chi connectivity index (χ0) is 15.8. The number of hydrogen-bond donors (Lipinski definition) is 1. The summed E-state index contributed by atoms with van der Waals surface area (Å²) in [5.41, 5.74) is 1.97. The SMILES string of the molecule is C/C=C\C(=O)N(Cc1ccccc1)[C@@H](CO)c1ccccc1. The van der Waals surface area contributed by atoms with Gasteiger partial charge in [-0.25, -0.2) is 0 Å². The Kier molecular flexibility index (Phi) is 5.92. The minimum Gasteiger partial charge on any atom is -0.394 e. The topological polar surface area (TPSA) is 40.5 Å². The Morgan fingerprint density at radius 1 is 1.09 bits per heavy atom. The van der Waals surface area contributed by atoms with Gasteiger partial charge in [0, 0.05) is 6.54 Å². The van der Waals surface area contributed by atoms with Gasteiger partial charge in [-0.15, -0.1) is 0 Å². The zero-order valence-electron chi connectivity index (χ0n) is 12.7. The monoisotopic (exact) mass is 295 g/mol. The maximum Gasteiger partial charge on any atom is 0.247 e. The standard InChI is InChI=1S/C19H21NO2/c1-2-9-19(22)20(14-16-10-5-3-6-11-16)18(15-21)17-12-7-4-8-13-17/h2-13,18,21H,14-15H2,1H3/b9-2-/t18-/m0/s1. The van der Waals surface area contributed by atoms with E-state index in [0.29, 0.717) is 6.54 Å². The molecule has 2 aromatic carbocycles. The minimum atomic E-state index is -0.356. The number of aliphatic hydroxyl groups excluding tert-OH is 1. The van der Waals surface area contributed by atoms with E-state index in [1.807, 2.05) is 67.6 Å². The van der Waals surface area contributed by atoms with E-state index in [1.165, 1.54) is 6.08 Å². The first kappa shape index (κ1) is 16.0. The molecule has 0 aliphatic heterocycles. The van der Waals surface area contributed by atoms with Gasteiger partial charge in [-0.1, -0.05) is 66.7 Å². The van der Waals surface area contributed by atoms with E-state index in [2.05, 4.69) is 0 Å². The summed E-state index contributed by atoms with van der Waals surface area (Å²) in [5.74, 6) is -0.103. The lowest BCUT2D eigenvalue weighted by atomic mass is 10.0. The lowest BCUT2D eigenvalue weighted by molar-refractivity contribution is -0.130. The number of rotatable bonds is 6. The van der Waals surface area contributed by atoms with Crippen LogP contribution in [0.15, 0.2) is 72.8 Å². The van der Waals surface area contributed by atoms with Gasteiger partial charge in [0.1, 0.15) is 0 Å². The number of nitrogens with zero attached hydrogens (tertiary/aromatic N) is 1. The Bertz CT molecular complexity index is 608. The summed E-state index contributed by atoms with van der Waals surface area (Å²) in [7, 11) is 0. The molecule has 0 aliphatic carbocycles. The molecule has 1 atom stereocenters.